The molecule has 3 rings (SSSR count). The lowest BCUT2D eigenvalue weighted by Crippen LogP contribution is -2.23. The molecule has 0 atom stereocenters. The second-order valence-corrected chi connectivity index (χ2v) is 8.76. The van der Waals surface area contributed by atoms with E-state index in [1.54, 1.807) is 42.7 Å². The van der Waals surface area contributed by atoms with Gasteiger partial charge in [0.25, 0.3) is 0 Å². The Labute approximate surface area is 177 Å². The van der Waals surface area contributed by atoms with E-state index in [2.05, 4.69) is 31.0 Å². The maximum absolute atomic E-state index is 12.5. The van der Waals surface area contributed by atoms with Gasteiger partial charge in [-0.1, -0.05) is 28.1 Å². The lowest BCUT2D eigenvalue weighted by atomic mass is 10.2. The SMILES string of the molecule is O=C(/C=C/c1ccncc1)Nc1ccc(S(=O)(=O)NCc2cccc(Br)c2)cc1. The smallest absolute Gasteiger partial charge is 0.248 e. The number of benzene rings is 2. The average molecular weight is 472 g/mol. The van der Waals surface area contributed by atoms with Crippen molar-refractivity contribution >= 4 is 43.6 Å². The highest BCUT2D eigenvalue weighted by molar-refractivity contribution is 9.10. The van der Waals surface area contributed by atoms with Gasteiger partial charge in [0, 0.05) is 35.2 Å². The van der Waals surface area contributed by atoms with Gasteiger partial charge in [-0.25, -0.2) is 13.1 Å². The number of carbonyl (C=O) groups is 1. The van der Waals surface area contributed by atoms with E-state index in [4.69, 9.17) is 0 Å². The molecule has 0 unspecified atom stereocenters. The monoisotopic (exact) mass is 471 g/mol. The van der Waals surface area contributed by atoms with Crippen molar-refractivity contribution in [3.63, 3.8) is 0 Å². The summed E-state index contributed by atoms with van der Waals surface area (Å²) in [5.74, 6) is -0.315. The van der Waals surface area contributed by atoms with Gasteiger partial charge in [-0.05, 0) is 65.7 Å². The zero-order valence-electron chi connectivity index (χ0n) is 15.2. The summed E-state index contributed by atoms with van der Waals surface area (Å²) in [5, 5.41) is 2.69. The molecule has 2 N–H and O–H groups in total. The van der Waals surface area contributed by atoms with Crippen LogP contribution in [0.5, 0.6) is 0 Å². The molecule has 0 spiro atoms. The molecule has 0 aliphatic carbocycles. The zero-order chi connectivity index (χ0) is 20.7. The molecule has 8 heteroatoms. The van der Waals surface area contributed by atoms with Gasteiger partial charge in [-0.3, -0.25) is 9.78 Å². The topological polar surface area (TPSA) is 88.2 Å². The van der Waals surface area contributed by atoms with Crippen LogP contribution < -0.4 is 10.0 Å². The van der Waals surface area contributed by atoms with E-state index in [1.165, 1.54) is 18.2 Å². The molecular formula is C21H18BrN3O3S. The van der Waals surface area contributed by atoms with E-state index in [0.717, 1.165) is 15.6 Å². The second-order valence-electron chi connectivity index (χ2n) is 6.08. The molecule has 1 aromatic heterocycles. The number of nitrogens with zero attached hydrogens (tertiary/aromatic N) is 1. The van der Waals surface area contributed by atoms with Gasteiger partial charge in [0.05, 0.1) is 4.90 Å². The lowest BCUT2D eigenvalue weighted by Gasteiger charge is -2.08. The van der Waals surface area contributed by atoms with Crippen molar-refractivity contribution in [2.24, 2.45) is 0 Å². The van der Waals surface area contributed by atoms with Crippen molar-refractivity contribution < 1.29 is 13.2 Å². The molecule has 148 valence electrons. The predicted octanol–water partition coefficient (Wildman–Crippen LogP) is 3.97. The second kappa shape index (κ2) is 9.60. The summed E-state index contributed by atoms with van der Waals surface area (Å²) in [4.78, 5) is 16.0. The zero-order valence-corrected chi connectivity index (χ0v) is 17.7. The fourth-order valence-corrected chi connectivity index (χ4v) is 3.92. The number of pyridine rings is 1. The molecule has 0 bridgehead atoms. The fraction of sp³-hybridized carbons (Fsp3) is 0.0476. The van der Waals surface area contributed by atoms with E-state index < -0.39 is 10.0 Å². The van der Waals surface area contributed by atoms with Gasteiger partial charge in [-0.2, -0.15) is 0 Å². The Kier molecular flexibility index (Phi) is 6.92. The van der Waals surface area contributed by atoms with Gasteiger partial charge >= 0.3 is 0 Å². The molecule has 0 fully saturated rings. The maximum Gasteiger partial charge on any atom is 0.248 e. The molecule has 1 heterocycles. The molecule has 2 aromatic carbocycles. The number of anilines is 1. The minimum absolute atomic E-state index is 0.123. The average Bonchev–Trinajstić information content (AvgIpc) is 2.72. The Hall–Kier alpha value is -2.81. The van der Waals surface area contributed by atoms with E-state index in [9.17, 15) is 13.2 Å². The minimum atomic E-state index is -3.66. The minimum Gasteiger partial charge on any atom is -0.323 e. The van der Waals surface area contributed by atoms with Crippen LogP contribution in [0.4, 0.5) is 5.69 Å². The van der Waals surface area contributed by atoms with Crippen molar-refractivity contribution in [1.29, 1.82) is 0 Å². The largest absolute Gasteiger partial charge is 0.323 e. The molecule has 0 aliphatic heterocycles. The van der Waals surface area contributed by atoms with E-state index in [0.29, 0.717) is 5.69 Å². The van der Waals surface area contributed by atoms with Gasteiger partial charge < -0.3 is 5.32 Å². The first kappa shape index (κ1) is 20.9. The van der Waals surface area contributed by atoms with Crippen LogP contribution in [0.15, 0.2) is 88.5 Å². The highest BCUT2D eigenvalue weighted by atomic mass is 79.9. The normalized spacial score (nSPS) is 11.5. The summed E-state index contributed by atoms with van der Waals surface area (Å²) in [6.07, 6.45) is 6.35. The quantitative estimate of drug-likeness (QED) is 0.510. The number of sulfonamides is 1. The standard InChI is InChI=1S/C21H18BrN3O3S/c22-18-3-1-2-17(14-18)15-24-29(27,28)20-7-5-19(6-8-20)25-21(26)9-4-16-10-12-23-13-11-16/h1-14,24H,15H2,(H,25,26)/b9-4+. The van der Waals surface area contributed by atoms with Crippen LogP contribution in [-0.2, 0) is 21.4 Å². The Morgan fingerprint density at radius 3 is 2.45 bits per heavy atom. The molecule has 0 radical (unpaired) electrons. The number of rotatable bonds is 7. The van der Waals surface area contributed by atoms with Crippen LogP contribution in [-0.4, -0.2) is 19.3 Å². The molecule has 29 heavy (non-hydrogen) atoms. The summed E-state index contributed by atoms with van der Waals surface area (Å²) >= 11 is 3.36. The molecule has 6 nitrogen and oxygen atoms in total. The highest BCUT2D eigenvalue weighted by Crippen LogP contribution is 2.16. The number of hydrogen-bond acceptors (Lipinski definition) is 4. The van der Waals surface area contributed by atoms with Crippen molar-refractivity contribution in [3.8, 4) is 0 Å². The number of hydrogen-bond donors (Lipinski definition) is 2. The third kappa shape index (κ3) is 6.35. The Bertz CT molecular complexity index is 1120. The van der Waals surface area contributed by atoms with Crippen LogP contribution in [0.1, 0.15) is 11.1 Å². The van der Waals surface area contributed by atoms with Crippen molar-refractivity contribution in [1.82, 2.24) is 9.71 Å². The lowest BCUT2D eigenvalue weighted by molar-refractivity contribution is -0.111. The number of nitrogens with one attached hydrogen (secondary N) is 2. The Balaban J connectivity index is 1.60. The van der Waals surface area contributed by atoms with Gasteiger partial charge in [0.1, 0.15) is 0 Å². The summed E-state index contributed by atoms with van der Waals surface area (Å²) in [7, 11) is -3.66. The fourth-order valence-electron chi connectivity index (χ4n) is 2.46. The summed E-state index contributed by atoms with van der Waals surface area (Å²) in [5.41, 5.74) is 2.20. The van der Waals surface area contributed by atoms with Gasteiger partial charge in [0.15, 0.2) is 0 Å². The first-order chi connectivity index (χ1) is 13.9. The van der Waals surface area contributed by atoms with E-state index >= 15 is 0 Å². The third-order valence-corrected chi connectivity index (χ3v) is 5.83. The van der Waals surface area contributed by atoms with Crippen LogP contribution >= 0.6 is 15.9 Å². The highest BCUT2D eigenvalue weighted by Gasteiger charge is 2.13. The first-order valence-electron chi connectivity index (χ1n) is 8.66. The number of aromatic nitrogens is 1. The van der Waals surface area contributed by atoms with Crippen molar-refractivity contribution in [2.45, 2.75) is 11.4 Å². The van der Waals surface area contributed by atoms with Crippen molar-refractivity contribution in [2.75, 3.05) is 5.32 Å². The van der Waals surface area contributed by atoms with Crippen molar-refractivity contribution in [3.05, 3.63) is 94.7 Å². The number of carbonyl (C=O) groups excluding carboxylic acids is 1. The van der Waals surface area contributed by atoms with Crippen LogP contribution in [0.25, 0.3) is 6.08 Å². The molecule has 0 saturated carbocycles. The maximum atomic E-state index is 12.5. The van der Waals surface area contributed by atoms with Crippen LogP contribution in [0, 0.1) is 0 Å². The Morgan fingerprint density at radius 2 is 1.76 bits per heavy atom. The van der Waals surface area contributed by atoms with Crippen LogP contribution in [0.3, 0.4) is 0 Å². The summed E-state index contributed by atoms with van der Waals surface area (Å²) in [6, 6.07) is 17.0. The summed E-state index contributed by atoms with van der Waals surface area (Å²) < 4.78 is 28.4. The van der Waals surface area contributed by atoms with E-state index in [1.807, 2.05) is 24.3 Å². The Morgan fingerprint density at radius 1 is 1.03 bits per heavy atom. The third-order valence-electron chi connectivity index (χ3n) is 3.92. The summed E-state index contributed by atoms with van der Waals surface area (Å²) in [6.45, 7) is 0.181. The number of amides is 1. The first-order valence-corrected chi connectivity index (χ1v) is 10.9. The van der Waals surface area contributed by atoms with Gasteiger partial charge in [-0.15, -0.1) is 0 Å². The van der Waals surface area contributed by atoms with E-state index in [-0.39, 0.29) is 17.3 Å². The van der Waals surface area contributed by atoms with Crippen LogP contribution in [0.2, 0.25) is 0 Å². The molecule has 3 aromatic rings. The predicted molar refractivity (Wildman–Crippen MR) is 117 cm³/mol. The number of halogens is 1. The molecule has 0 aliphatic rings. The molecular weight excluding hydrogens is 454 g/mol. The molecule has 0 saturated heterocycles. The van der Waals surface area contributed by atoms with Gasteiger partial charge in [0.2, 0.25) is 15.9 Å². The molecule has 1 amide bonds.